The van der Waals surface area contributed by atoms with E-state index >= 15 is 0 Å². The van der Waals surface area contributed by atoms with Crippen molar-refractivity contribution in [3.63, 3.8) is 0 Å². The average Bonchev–Trinajstić information content (AvgIpc) is 2.55. The van der Waals surface area contributed by atoms with E-state index in [9.17, 15) is 13.2 Å². The van der Waals surface area contributed by atoms with Crippen LogP contribution in [0.5, 0.6) is 0 Å². The Morgan fingerprint density at radius 1 is 1.21 bits per heavy atom. The van der Waals surface area contributed by atoms with Crippen LogP contribution in [0, 0.1) is 6.92 Å². The van der Waals surface area contributed by atoms with Gasteiger partial charge in [0.05, 0.1) is 11.0 Å². The van der Waals surface area contributed by atoms with E-state index in [-0.39, 0.29) is 29.0 Å². The number of benzene rings is 2. The number of rotatable bonds is 6. The first kappa shape index (κ1) is 18.1. The molecule has 6 nitrogen and oxygen atoms in total. The summed E-state index contributed by atoms with van der Waals surface area (Å²) in [5, 5.41) is 7.88. The highest BCUT2D eigenvalue weighted by atomic mass is 32.2. The van der Waals surface area contributed by atoms with E-state index in [1.807, 2.05) is 30.3 Å². The molecule has 1 atom stereocenters. The highest BCUT2D eigenvalue weighted by Crippen LogP contribution is 2.17. The lowest BCUT2D eigenvalue weighted by Gasteiger charge is -2.17. The maximum absolute atomic E-state index is 12.4. The quantitative estimate of drug-likeness (QED) is 0.831. The van der Waals surface area contributed by atoms with Gasteiger partial charge in [-0.2, -0.15) is 0 Å². The third-order valence-corrected chi connectivity index (χ3v) is 4.60. The molecule has 2 aromatic carbocycles. The number of hydrogen-bond acceptors (Lipinski definition) is 4. The summed E-state index contributed by atoms with van der Waals surface area (Å²) < 4.78 is 28.3. The molecule has 0 spiro atoms. The van der Waals surface area contributed by atoms with Crippen molar-refractivity contribution in [2.45, 2.75) is 17.9 Å². The number of carbonyl (C=O) groups excluding carboxylic acids is 1. The first-order valence-corrected chi connectivity index (χ1v) is 8.87. The van der Waals surface area contributed by atoms with Gasteiger partial charge in [-0.15, -0.1) is 0 Å². The van der Waals surface area contributed by atoms with E-state index in [0.29, 0.717) is 5.56 Å². The van der Waals surface area contributed by atoms with Gasteiger partial charge in [-0.1, -0.05) is 36.4 Å². The number of nitrogens with one attached hydrogen (secondary N) is 1. The highest BCUT2D eigenvalue weighted by Gasteiger charge is 2.17. The number of amides is 1. The molecule has 7 heteroatoms. The summed E-state index contributed by atoms with van der Waals surface area (Å²) in [7, 11) is -2.29. The van der Waals surface area contributed by atoms with Gasteiger partial charge in [0.1, 0.15) is 0 Å². The molecule has 0 aromatic heterocycles. The minimum Gasteiger partial charge on any atom is -0.375 e. The van der Waals surface area contributed by atoms with Crippen molar-refractivity contribution in [1.82, 2.24) is 5.32 Å². The van der Waals surface area contributed by atoms with Gasteiger partial charge in [0, 0.05) is 19.2 Å². The molecular formula is C17H20N2O4S. The largest absolute Gasteiger partial charge is 0.375 e. The topological polar surface area (TPSA) is 98.5 Å². The van der Waals surface area contributed by atoms with Crippen LogP contribution < -0.4 is 10.5 Å². The minimum absolute atomic E-state index is 0.0930. The molecule has 0 saturated heterocycles. The molecule has 3 N–H and O–H groups in total. The molecule has 0 heterocycles. The minimum atomic E-state index is -3.86. The summed E-state index contributed by atoms with van der Waals surface area (Å²) in [5.41, 5.74) is 1.87. The van der Waals surface area contributed by atoms with Gasteiger partial charge < -0.3 is 10.1 Å². The molecule has 1 amide bonds. The highest BCUT2D eigenvalue weighted by molar-refractivity contribution is 7.89. The molecule has 0 aliphatic heterocycles. The Hall–Kier alpha value is -2.22. The molecular weight excluding hydrogens is 328 g/mol. The second-order valence-electron chi connectivity index (χ2n) is 5.37. The van der Waals surface area contributed by atoms with Crippen molar-refractivity contribution in [3.8, 4) is 0 Å². The zero-order valence-corrected chi connectivity index (χ0v) is 14.3. The summed E-state index contributed by atoms with van der Waals surface area (Å²) in [6.45, 7) is 1.99. The zero-order valence-electron chi connectivity index (χ0n) is 13.5. The second kappa shape index (κ2) is 7.57. The van der Waals surface area contributed by atoms with E-state index in [1.165, 1.54) is 12.1 Å². The van der Waals surface area contributed by atoms with E-state index in [0.717, 1.165) is 5.56 Å². The fourth-order valence-corrected chi connectivity index (χ4v) is 2.85. The lowest BCUT2D eigenvalue weighted by atomic mass is 10.1. The zero-order chi connectivity index (χ0) is 17.7. The van der Waals surface area contributed by atoms with Gasteiger partial charge in [0.15, 0.2) is 0 Å². The fraction of sp³-hybridized carbons (Fsp3) is 0.235. The van der Waals surface area contributed by atoms with Gasteiger partial charge in [-0.05, 0) is 30.2 Å². The number of nitrogens with two attached hydrogens (primary N) is 1. The molecule has 2 aromatic rings. The van der Waals surface area contributed by atoms with Crippen LogP contribution in [-0.4, -0.2) is 28.0 Å². The molecule has 0 aliphatic carbocycles. The van der Waals surface area contributed by atoms with Crippen molar-refractivity contribution >= 4 is 15.9 Å². The normalized spacial score (nSPS) is 12.6. The fourth-order valence-electron chi connectivity index (χ4n) is 2.31. The molecule has 0 saturated carbocycles. The van der Waals surface area contributed by atoms with Crippen molar-refractivity contribution in [1.29, 1.82) is 0 Å². The Kier molecular flexibility index (Phi) is 5.71. The van der Waals surface area contributed by atoms with Crippen molar-refractivity contribution < 1.29 is 17.9 Å². The summed E-state index contributed by atoms with van der Waals surface area (Å²) in [4.78, 5) is 12.3. The number of sulfonamides is 1. The van der Waals surface area contributed by atoms with Crippen molar-refractivity contribution in [2.24, 2.45) is 5.14 Å². The van der Waals surface area contributed by atoms with E-state index in [2.05, 4.69) is 5.32 Å². The SMILES string of the molecule is CO[C@@H](CNC(=O)c1cc(S(N)(=O)=O)ccc1C)c1ccccc1. The van der Waals surface area contributed by atoms with Crippen molar-refractivity contribution in [3.05, 3.63) is 65.2 Å². The Morgan fingerprint density at radius 2 is 1.88 bits per heavy atom. The molecule has 0 bridgehead atoms. The van der Waals surface area contributed by atoms with E-state index in [1.54, 1.807) is 20.1 Å². The first-order chi connectivity index (χ1) is 11.3. The standard InChI is InChI=1S/C17H20N2O4S/c1-12-8-9-14(24(18,21)22)10-15(12)17(20)19-11-16(23-2)13-6-4-3-5-7-13/h3-10,16H,11H2,1-2H3,(H,19,20)(H2,18,21,22)/t16-/m0/s1. The van der Waals surface area contributed by atoms with Gasteiger partial charge in [-0.3, -0.25) is 4.79 Å². The average molecular weight is 348 g/mol. The maximum atomic E-state index is 12.4. The van der Waals surface area contributed by atoms with Crippen LogP contribution in [0.25, 0.3) is 0 Å². The predicted molar refractivity (Wildman–Crippen MR) is 91.1 cm³/mol. The Bertz CT molecular complexity index is 820. The van der Waals surface area contributed by atoms with Crippen LogP contribution in [0.4, 0.5) is 0 Å². The van der Waals surface area contributed by atoms with Crippen LogP contribution in [0.2, 0.25) is 0 Å². The monoisotopic (exact) mass is 348 g/mol. The molecule has 0 radical (unpaired) electrons. The van der Waals surface area contributed by atoms with Crippen LogP contribution >= 0.6 is 0 Å². The van der Waals surface area contributed by atoms with Gasteiger partial charge in [-0.25, -0.2) is 13.6 Å². The number of carbonyl (C=O) groups is 1. The van der Waals surface area contributed by atoms with Crippen LogP contribution in [-0.2, 0) is 14.8 Å². The second-order valence-corrected chi connectivity index (χ2v) is 6.93. The third-order valence-electron chi connectivity index (χ3n) is 3.69. The lowest BCUT2D eigenvalue weighted by Crippen LogP contribution is -2.30. The number of ether oxygens (including phenoxy) is 1. The molecule has 0 fully saturated rings. The third kappa shape index (κ3) is 4.41. The number of hydrogen-bond donors (Lipinski definition) is 2. The molecule has 0 unspecified atom stereocenters. The van der Waals surface area contributed by atoms with E-state index in [4.69, 9.17) is 9.88 Å². The number of aryl methyl sites for hydroxylation is 1. The first-order valence-electron chi connectivity index (χ1n) is 7.32. The van der Waals surface area contributed by atoms with Crippen LogP contribution in [0.15, 0.2) is 53.4 Å². The Balaban J connectivity index is 2.15. The predicted octanol–water partition coefficient (Wildman–Crippen LogP) is 1.76. The number of primary sulfonamides is 1. The summed E-state index contributed by atoms with van der Waals surface area (Å²) in [5.74, 6) is -0.379. The molecule has 24 heavy (non-hydrogen) atoms. The molecule has 0 aliphatic rings. The van der Waals surface area contributed by atoms with Gasteiger partial charge in [0.25, 0.3) is 5.91 Å². The van der Waals surface area contributed by atoms with Gasteiger partial charge >= 0.3 is 0 Å². The summed E-state index contributed by atoms with van der Waals surface area (Å²) >= 11 is 0. The smallest absolute Gasteiger partial charge is 0.251 e. The van der Waals surface area contributed by atoms with E-state index < -0.39 is 10.0 Å². The number of methoxy groups -OCH3 is 1. The summed E-state index contributed by atoms with van der Waals surface area (Å²) in [6, 6.07) is 13.7. The van der Waals surface area contributed by atoms with Crippen molar-refractivity contribution in [2.75, 3.05) is 13.7 Å². The molecule has 128 valence electrons. The molecule has 2 rings (SSSR count). The lowest BCUT2D eigenvalue weighted by molar-refractivity contribution is 0.0827. The van der Waals surface area contributed by atoms with Gasteiger partial charge in [0.2, 0.25) is 10.0 Å². The maximum Gasteiger partial charge on any atom is 0.251 e. The Labute approximate surface area is 141 Å². The Morgan fingerprint density at radius 3 is 2.46 bits per heavy atom. The van der Waals surface area contributed by atoms with Crippen LogP contribution in [0.3, 0.4) is 0 Å². The van der Waals surface area contributed by atoms with Crippen LogP contribution in [0.1, 0.15) is 27.6 Å². The summed E-state index contributed by atoms with van der Waals surface area (Å²) in [6.07, 6.45) is -0.295.